The third-order valence-corrected chi connectivity index (χ3v) is 3.72. The van der Waals surface area contributed by atoms with Crippen LogP contribution in [0.5, 0.6) is 0 Å². The monoisotopic (exact) mass is 294 g/mol. The van der Waals surface area contributed by atoms with Crippen molar-refractivity contribution in [2.24, 2.45) is 0 Å². The first-order chi connectivity index (χ1) is 9.45. The number of rotatable bonds is 2. The number of imidazole rings is 1. The molecule has 0 fully saturated rings. The smallest absolute Gasteiger partial charge is 0.304 e. The molecule has 4 nitrogen and oxygen atoms in total. The van der Waals surface area contributed by atoms with Crippen molar-refractivity contribution in [1.82, 2.24) is 9.38 Å². The number of nitrogens with zero attached hydrogens (tertiary/aromatic N) is 2. The molecule has 20 heavy (non-hydrogen) atoms. The lowest BCUT2D eigenvalue weighted by atomic mass is 10.2. The average molecular weight is 294 g/mol. The van der Waals surface area contributed by atoms with Crippen LogP contribution in [0.15, 0.2) is 53.7 Å². The molecule has 0 aliphatic carbocycles. The summed E-state index contributed by atoms with van der Waals surface area (Å²) in [4.78, 5) is 3.71. The van der Waals surface area contributed by atoms with Gasteiger partial charge in [0.15, 0.2) is 0 Å². The van der Waals surface area contributed by atoms with E-state index in [-0.39, 0.29) is 11.3 Å². The molecule has 0 bridgehead atoms. The maximum absolute atomic E-state index is 13.3. The Labute approximate surface area is 113 Å². The fraction of sp³-hybridized carbons (Fsp3) is 0. The molecule has 0 unspecified atom stereocenters. The van der Waals surface area contributed by atoms with E-state index in [9.17, 15) is 16.7 Å². The first-order valence-electron chi connectivity index (χ1n) is 5.63. The van der Waals surface area contributed by atoms with Gasteiger partial charge in [-0.1, -0.05) is 18.2 Å². The van der Waals surface area contributed by atoms with Crippen LogP contribution in [0.2, 0.25) is 0 Å². The number of benzene rings is 1. The first kappa shape index (κ1) is 12.7. The van der Waals surface area contributed by atoms with Gasteiger partial charge in [0.1, 0.15) is 16.4 Å². The van der Waals surface area contributed by atoms with Gasteiger partial charge in [-0.2, -0.15) is 8.42 Å². The van der Waals surface area contributed by atoms with Crippen LogP contribution in [0.3, 0.4) is 0 Å². The molecule has 0 aliphatic rings. The van der Waals surface area contributed by atoms with Crippen LogP contribution >= 0.6 is 0 Å². The number of halogens is 2. The van der Waals surface area contributed by atoms with Gasteiger partial charge in [0.25, 0.3) is 0 Å². The van der Waals surface area contributed by atoms with Gasteiger partial charge in [0, 0.05) is 18.0 Å². The van der Waals surface area contributed by atoms with Gasteiger partial charge in [-0.3, -0.25) is 0 Å². The van der Waals surface area contributed by atoms with Crippen molar-refractivity contribution in [1.29, 1.82) is 0 Å². The lowest BCUT2D eigenvalue weighted by Crippen LogP contribution is -1.95. The molecule has 0 radical (unpaired) electrons. The zero-order valence-electron chi connectivity index (χ0n) is 9.99. The Morgan fingerprint density at radius 1 is 1.05 bits per heavy atom. The summed E-state index contributed by atoms with van der Waals surface area (Å²) in [5.41, 5.74) is 0.832. The summed E-state index contributed by atoms with van der Waals surface area (Å²) in [6.45, 7) is 0. The highest BCUT2D eigenvalue weighted by atomic mass is 32.3. The second kappa shape index (κ2) is 4.38. The molecule has 0 atom stereocenters. The van der Waals surface area contributed by atoms with E-state index in [4.69, 9.17) is 0 Å². The second-order valence-corrected chi connectivity index (χ2v) is 5.49. The largest absolute Gasteiger partial charge is 0.332 e. The quantitative estimate of drug-likeness (QED) is 0.683. The fourth-order valence-electron chi connectivity index (χ4n) is 1.99. The Morgan fingerprint density at radius 3 is 2.55 bits per heavy atom. The van der Waals surface area contributed by atoms with Gasteiger partial charge in [-0.05, 0) is 18.2 Å². The Balaban J connectivity index is 2.26. The van der Waals surface area contributed by atoms with E-state index in [1.165, 1.54) is 41.1 Å². The normalized spacial score (nSPS) is 11.9. The summed E-state index contributed by atoms with van der Waals surface area (Å²) in [6.07, 6.45) is 2.65. The summed E-state index contributed by atoms with van der Waals surface area (Å²) in [6, 6.07) is 8.30. The summed E-state index contributed by atoms with van der Waals surface area (Å²) in [5, 5.41) is 0. The Kier molecular flexibility index (Phi) is 2.79. The Hall–Kier alpha value is -2.28. The van der Waals surface area contributed by atoms with E-state index in [1.54, 1.807) is 6.07 Å². The zero-order valence-corrected chi connectivity index (χ0v) is 10.8. The van der Waals surface area contributed by atoms with Crippen LogP contribution in [-0.2, 0) is 10.2 Å². The molecule has 3 aromatic rings. The van der Waals surface area contributed by atoms with E-state index < -0.39 is 20.9 Å². The summed E-state index contributed by atoms with van der Waals surface area (Å²) in [7, 11) is -4.85. The van der Waals surface area contributed by atoms with Crippen LogP contribution in [0.1, 0.15) is 0 Å². The minimum atomic E-state index is -4.85. The Morgan fingerprint density at radius 2 is 1.80 bits per heavy atom. The van der Waals surface area contributed by atoms with Crippen LogP contribution in [0.25, 0.3) is 16.9 Å². The van der Waals surface area contributed by atoms with Crippen molar-refractivity contribution in [2.45, 2.75) is 4.90 Å². The third kappa shape index (κ3) is 2.16. The highest BCUT2D eigenvalue weighted by Crippen LogP contribution is 2.28. The van der Waals surface area contributed by atoms with Crippen LogP contribution < -0.4 is 0 Å². The molecule has 0 N–H and O–H groups in total. The van der Waals surface area contributed by atoms with Gasteiger partial charge < -0.3 is 4.40 Å². The minimum absolute atomic E-state index is 0.138. The molecular weight excluding hydrogens is 286 g/mol. The molecule has 0 saturated carbocycles. The molecule has 0 spiro atoms. The van der Waals surface area contributed by atoms with E-state index in [0.717, 1.165) is 6.07 Å². The first-order valence-corrected chi connectivity index (χ1v) is 7.02. The second-order valence-electron chi connectivity index (χ2n) is 4.17. The Bertz CT molecular complexity index is 904. The lowest BCUT2D eigenvalue weighted by molar-refractivity contribution is 0.552. The molecule has 0 aliphatic heterocycles. The standard InChI is InChI=1S/C13H8F2N2O2S/c14-9-5-6-13-16-11(8-17(13)7-9)10-3-1-2-4-12(10)20(15,18)19/h1-8H. The molecule has 2 heterocycles. The highest BCUT2D eigenvalue weighted by molar-refractivity contribution is 7.86. The molecule has 2 aromatic heterocycles. The molecule has 1 aromatic carbocycles. The molecule has 102 valence electrons. The number of aromatic nitrogens is 2. The van der Waals surface area contributed by atoms with Crippen molar-refractivity contribution in [3.63, 3.8) is 0 Å². The van der Waals surface area contributed by atoms with E-state index >= 15 is 0 Å². The maximum atomic E-state index is 13.3. The zero-order chi connectivity index (χ0) is 14.3. The lowest BCUT2D eigenvalue weighted by Gasteiger charge is -2.01. The molecule has 0 saturated heterocycles. The molecule has 7 heteroatoms. The third-order valence-electron chi connectivity index (χ3n) is 2.84. The van der Waals surface area contributed by atoms with Crippen LogP contribution in [0, 0.1) is 5.82 Å². The van der Waals surface area contributed by atoms with Crippen molar-refractivity contribution in [2.75, 3.05) is 0 Å². The van der Waals surface area contributed by atoms with Crippen molar-refractivity contribution in [3.05, 3.63) is 54.6 Å². The van der Waals surface area contributed by atoms with E-state index in [0.29, 0.717) is 5.65 Å². The topological polar surface area (TPSA) is 51.4 Å². The van der Waals surface area contributed by atoms with Crippen LogP contribution in [0.4, 0.5) is 8.28 Å². The highest BCUT2D eigenvalue weighted by Gasteiger charge is 2.19. The number of hydrogen-bond donors (Lipinski definition) is 0. The predicted octanol–water partition coefficient (Wildman–Crippen LogP) is 2.80. The van der Waals surface area contributed by atoms with Gasteiger partial charge in [-0.15, -0.1) is 3.89 Å². The van der Waals surface area contributed by atoms with Gasteiger partial charge in [0.2, 0.25) is 0 Å². The maximum Gasteiger partial charge on any atom is 0.332 e. The summed E-state index contributed by atoms with van der Waals surface area (Å²) in [5.74, 6) is -0.451. The van der Waals surface area contributed by atoms with Gasteiger partial charge in [-0.25, -0.2) is 9.37 Å². The number of pyridine rings is 1. The summed E-state index contributed by atoms with van der Waals surface area (Å²) >= 11 is 0. The average Bonchev–Trinajstić information content (AvgIpc) is 2.80. The molecule has 3 rings (SSSR count). The predicted molar refractivity (Wildman–Crippen MR) is 68.9 cm³/mol. The van der Waals surface area contributed by atoms with Crippen molar-refractivity contribution < 1.29 is 16.7 Å². The van der Waals surface area contributed by atoms with E-state index in [1.807, 2.05) is 0 Å². The van der Waals surface area contributed by atoms with Gasteiger partial charge in [0.05, 0.1) is 5.69 Å². The summed E-state index contributed by atoms with van der Waals surface area (Å²) < 4.78 is 50.1. The van der Waals surface area contributed by atoms with Gasteiger partial charge >= 0.3 is 10.2 Å². The van der Waals surface area contributed by atoms with E-state index in [2.05, 4.69) is 4.98 Å². The minimum Gasteiger partial charge on any atom is -0.304 e. The van der Waals surface area contributed by atoms with Crippen molar-refractivity contribution >= 4 is 15.9 Å². The van der Waals surface area contributed by atoms with Crippen LogP contribution in [-0.4, -0.2) is 17.8 Å². The number of fused-ring (bicyclic) bond motifs is 1. The SMILES string of the molecule is O=S(=O)(F)c1ccccc1-c1cn2cc(F)ccc2n1. The number of hydrogen-bond acceptors (Lipinski definition) is 3. The van der Waals surface area contributed by atoms with Crippen molar-refractivity contribution in [3.8, 4) is 11.3 Å². The molecular formula is C13H8F2N2O2S. The molecule has 0 amide bonds. The fourth-order valence-corrected chi connectivity index (χ4v) is 2.66.